The first-order valence-electron chi connectivity index (χ1n) is 4.99. The third-order valence-corrected chi connectivity index (χ3v) is 2.50. The quantitative estimate of drug-likeness (QED) is 0.761. The van der Waals surface area contributed by atoms with Crippen LogP contribution in [-0.2, 0) is 7.05 Å². The monoisotopic (exact) mass is 262 g/mol. The summed E-state index contributed by atoms with van der Waals surface area (Å²) in [6, 6.07) is 1.55. The van der Waals surface area contributed by atoms with Crippen LogP contribution in [0.25, 0.3) is 0 Å². The Hall–Kier alpha value is -2.35. The maximum atomic E-state index is 11.9. The van der Waals surface area contributed by atoms with Gasteiger partial charge in [0.15, 0.2) is 0 Å². The van der Waals surface area contributed by atoms with Crippen LogP contribution in [0.4, 0.5) is 5.82 Å². The third-order valence-electron chi connectivity index (χ3n) is 2.28. The molecule has 0 fully saturated rings. The smallest absolute Gasteiger partial charge is 0.258 e. The molecule has 0 unspecified atom stereocenters. The van der Waals surface area contributed by atoms with E-state index in [9.17, 15) is 4.79 Å². The predicted molar refractivity (Wildman–Crippen MR) is 69.1 cm³/mol. The molecule has 18 heavy (non-hydrogen) atoms. The van der Waals surface area contributed by atoms with Gasteiger partial charge in [0.05, 0.1) is 29.7 Å². The van der Waals surface area contributed by atoms with Gasteiger partial charge in [-0.15, -0.1) is 0 Å². The van der Waals surface area contributed by atoms with Crippen molar-refractivity contribution >= 4 is 28.9 Å². The SMILES string of the molecule is Cn1ncc(C(N)=S)c1NC(=O)c1ccnnc1. The van der Waals surface area contributed by atoms with Crippen molar-refractivity contribution in [3.63, 3.8) is 0 Å². The lowest BCUT2D eigenvalue weighted by molar-refractivity contribution is 0.102. The second-order valence-corrected chi connectivity index (χ2v) is 3.92. The van der Waals surface area contributed by atoms with Crippen LogP contribution in [0.15, 0.2) is 24.7 Å². The molecule has 2 rings (SSSR count). The van der Waals surface area contributed by atoms with Crippen molar-refractivity contribution in [1.82, 2.24) is 20.0 Å². The maximum Gasteiger partial charge on any atom is 0.258 e. The van der Waals surface area contributed by atoms with Gasteiger partial charge in [-0.25, -0.2) is 0 Å². The molecule has 0 aliphatic carbocycles. The number of hydrogen-bond donors (Lipinski definition) is 2. The summed E-state index contributed by atoms with van der Waals surface area (Å²) in [5, 5.41) is 13.9. The lowest BCUT2D eigenvalue weighted by Crippen LogP contribution is -2.19. The molecule has 7 nitrogen and oxygen atoms in total. The van der Waals surface area contributed by atoms with E-state index < -0.39 is 0 Å². The summed E-state index contributed by atoms with van der Waals surface area (Å²) >= 11 is 4.88. The molecule has 0 saturated heterocycles. The number of nitrogens with zero attached hydrogens (tertiary/aromatic N) is 4. The lowest BCUT2D eigenvalue weighted by atomic mass is 10.2. The van der Waals surface area contributed by atoms with Crippen LogP contribution in [0, 0.1) is 0 Å². The lowest BCUT2D eigenvalue weighted by Gasteiger charge is -2.07. The number of aryl methyl sites for hydroxylation is 1. The van der Waals surface area contributed by atoms with Crippen molar-refractivity contribution in [1.29, 1.82) is 0 Å². The van der Waals surface area contributed by atoms with E-state index in [1.54, 1.807) is 13.1 Å². The summed E-state index contributed by atoms with van der Waals surface area (Å²) in [6.07, 6.45) is 4.31. The van der Waals surface area contributed by atoms with E-state index in [1.807, 2.05) is 0 Å². The first-order chi connectivity index (χ1) is 8.59. The molecular formula is C10H10N6OS. The van der Waals surface area contributed by atoms with Crippen molar-refractivity contribution in [2.75, 3.05) is 5.32 Å². The normalized spacial score (nSPS) is 10.1. The van der Waals surface area contributed by atoms with Crippen LogP contribution in [0.1, 0.15) is 15.9 Å². The van der Waals surface area contributed by atoms with Crippen LogP contribution < -0.4 is 11.1 Å². The van der Waals surface area contributed by atoms with Gasteiger partial charge in [0.25, 0.3) is 5.91 Å². The largest absolute Gasteiger partial charge is 0.389 e. The van der Waals surface area contributed by atoms with Gasteiger partial charge in [-0.3, -0.25) is 9.48 Å². The fourth-order valence-electron chi connectivity index (χ4n) is 1.37. The van der Waals surface area contributed by atoms with Gasteiger partial charge < -0.3 is 11.1 Å². The molecule has 0 radical (unpaired) electrons. The predicted octanol–water partition coefficient (Wildman–Crippen LogP) is 0.0966. The van der Waals surface area contributed by atoms with Gasteiger partial charge in [-0.2, -0.15) is 15.3 Å². The van der Waals surface area contributed by atoms with Crippen molar-refractivity contribution < 1.29 is 4.79 Å². The second-order valence-electron chi connectivity index (χ2n) is 3.48. The fraction of sp³-hybridized carbons (Fsp3) is 0.100. The summed E-state index contributed by atoms with van der Waals surface area (Å²) in [5.41, 5.74) is 6.45. The van der Waals surface area contributed by atoms with E-state index in [4.69, 9.17) is 18.0 Å². The van der Waals surface area contributed by atoms with Crippen LogP contribution in [-0.4, -0.2) is 30.9 Å². The van der Waals surface area contributed by atoms with Gasteiger partial charge in [-0.05, 0) is 6.07 Å². The number of carbonyl (C=O) groups is 1. The highest BCUT2D eigenvalue weighted by Crippen LogP contribution is 2.14. The summed E-state index contributed by atoms with van der Waals surface area (Å²) in [5.74, 6) is 0.121. The molecule has 0 aromatic carbocycles. The topological polar surface area (TPSA) is 98.7 Å². The van der Waals surface area contributed by atoms with Gasteiger partial charge in [0.1, 0.15) is 10.8 Å². The number of amides is 1. The molecule has 3 N–H and O–H groups in total. The highest BCUT2D eigenvalue weighted by Gasteiger charge is 2.14. The van der Waals surface area contributed by atoms with E-state index >= 15 is 0 Å². The van der Waals surface area contributed by atoms with E-state index in [1.165, 1.54) is 23.3 Å². The number of rotatable bonds is 3. The van der Waals surface area contributed by atoms with E-state index in [2.05, 4.69) is 20.6 Å². The highest BCUT2D eigenvalue weighted by molar-refractivity contribution is 7.80. The van der Waals surface area contributed by atoms with Gasteiger partial charge in [0.2, 0.25) is 0 Å². The standard InChI is InChI=1S/C10H10N6OS/c1-16-9(7(5-14-16)8(11)18)15-10(17)6-2-3-12-13-4-6/h2-5H,1H3,(H2,11,18)(H,15,17). The number of hydrogen-bond acceptors (Lipinski definition) is 5. The van der Waals surface area contributed by atoms with Gasteiger partial charge >= 0.3 is 0 Å². The Kier molecular flexibility index (Phi) is 3.28. The molecule has 2 aromatic heterocycles. The Morgan fingerprint density at radius 2 is 2.22 bits per heavy atom. The fourth-order valence-corrected chi connectivity index (χ4v) is 1.52. The zero-order chi connectivity index (χ0) is 13.1. The molecule has 2 aromatic rings. The summed E-state index contributed by atoms with van der Waals surface area (Å²) in [7, 11) is 1.68. The first kappa shape index (κ1) is 12.1. The number of nitrogens with two attached hydrogens (primary N) is 1. The summed E-state index contributed by atoms with van der Waals surface area (Å²) < 4.78 is 1.49. The van der Waals surface area contributed by atoms with E-state index in [-0.39, 0.29) is 10.9 Å². The molecule has 0 aliphatic heterocycles. The minimum Gasteiger partial charge on any atom is -0.389 e. The number of aromatic nitrogens is 4. The summed E-state index contributed by atoms with van der Waals surface area (Å²) in [4.78, 5) is 12.1. The molecular weight excluding hydrogens is 252 g/mol. The Labute approximate surface area is 108 Å². The average molecular weight is 262 g/mol. The van der Waals surface area contributed by atoms with Crippen molar-refractivity contribution in [3.05, 3.63) is 35.8 Å². The number of anilines is 1. The first-order valence-corrected chi connectivity index (χ1v) is 5.40. The Morgan fingerprint density at radius 3 is 2.83 bits per heavy atom. The Balaban J connectivity index is 2.27. The summed E-state index contributed by atoms with van der Waals surface area (Å²) in [6.45, 7) is 0. The molecule has 1 amide bonds. The van der Waals surface area contributed by atoms with Crippen molar-refractivity contribution in [3.8, 4) is 0 Å². The molecule has 0 aliphatic rings. The van der Waals surface area contributed by atoms with Crippen LogP contribution in [0.5, 0.6) is 0 Å². The Morgan fingerprint density at radius 1 is 1.44 bits per heavy atom. The van der Waals surface area contributed by atoms with Crippen molar-refractivity contribution in [2.24, 2.45) is 12.8 Å². The zero-order valence-electron chi connectivity index (χ0n) is 9.49. The molecule has 0 saturated carbocycles. The van der Waals surface area contributed by atoms with Crippen molar-refractivity contribution in [2.45, 2.75) is 0 Å². The Bertz CT molecular complexity index is 594. The number of carbonyl (C=O) groups excluding carboxylic acids is 1. The van der Waals surface area contributed by atoms with E-state index in [0.29, 0.717) is 16.9 Å². The molecule has 0 atom stereocenters. The average Bonchev–Trinajstić information content (AvgIpc) is 2.72. The van der Waals surface area contributed by atoms with Gasteiger partial charge in [-0.1, -0.05) is 12.2 Å². The van der Waals surface area contributed by atoms with E-state index in [0.717, 1.165) is 0 Å². The third kappa shape index (κ3) is 2.33. The minimum atomic E-state index is -0.328. The number of thiocarbonyl (C=S) groups is 1. The van der Waals surface area contributed by atoms with Crippen LogP contribution >= 0.6 is 12.2 Å². The number of nitrogens with one attached hydrogen (secondary N) is 1. The molecule has 0 bridgehead atoms. The zero-order valence-corrected chi connectivity index (χ0v) is 10.3. The molecule has 8 heteroatoms. The minimum absolute atomic E-state index is 0.172. The van der Waals surface area contributed by atoms with Crippen LogP contribution in [0.3, 0.4) is 0 Å². The maximum absolute atomic E-state index is 11.9. The highest BCUT2D eigenvalue weighted by atomic mass is 32.1. The molecule has 92 valence electrons. The van der Waals surface area contributed by atoms with Gasteiger partial charge in [0, 0.05) is 7.05 Å². The molecule has 2 heterocycles. The van der Waals surface area contributed by atoms with Crippen LogP contribution in [0.2, 0.25) is 0 Å². The molecule has 0 spiro atoms. The second kappa shape index (κ2) is 4.88.